The monoisotopic (exact) mass is 347 g/mol. The van der Waals surface area contributed by atoms with E-state index < -0.39 is 6.09 Å². The first-order chi connectivity index (χ1) is 11.7. The van der Waals surface area contributed by atoms with Crippen LogP contribution in [-0.2, 0) is 11.3 Å². The van der Waals surface area contributed by atoms with Gasteiger partial charge < -0.3 is 15.8 Å². The maximum Gasteiger partial charge on any atom is 0.404 e. The number of carbonyl (C=O) groups excluding carboxylic acids is 1. The van der Waals surface area contributed by atoms with Crippen LogP contribution in [0.5, 0.6) is 0 Å². The van der Waals surface area contributed by atoms with Crippen molar-refractivity contribution < 1.29 is 9.53 Å². The van der Waals surface area contributed by atoms with Crippen LogP contribution < -0.4 is 11.1 Å². The Hall–Kier alpha value is -2.08. The van der Waals surface area contributed by atoms with Crippen molar-refractivity contribution in [2.75, 3.05) is 11.9 Å². The predicted octanol–water partition coefficient (Wildman–Crippen LogP) is 4.51. The first kappa shape index (κ1) is 18.3. The first-order valence-corrected chi connectivity index (χ1v) is 9.21. The predicted molar refractivity (Wildman–Crippen MR) is 98.3 cm³/mol. The van der Waals surface area contributed by atoms with Crippen molar-refractivity contribution in [2.45, 2.75) is 45.1 Å². The molecule has 0 aliphatic carbocycles. The van der Waals surface area contributed by atoms with E-state index in [2.05, 4.69) is 41.5 Å². The van der Waals surface area contributed by atoms with Crippen molar-refractivity contribution in [3.8, 4) is 0 Å². The first-order valence-electron chi connectivity index (χ1n) is 8.33. The molecule has 1 atom stereocenters. The largest absolute Gasteiger partial charge is 0.450 e. The van der Waals surface area contributed by atoms with Crippen LogP contribution in [0.15, 0.2) is 35.8 Å². The Balaban J connectivity index is 1.98. The molecule has 0 aliphatic heterocycles. The van der Waals surface area contributed by atoms with E-state index in [1.165, 1.54) is 5.56 Å². The number of nitrogens with one attached hydrogen (secondary N) is 1. The average Bonchev–Trinajstić information content (AvgIpc) is 3.09. The maximum absolute atomic E-state index is 10.8. The molecule has 1 aromatic carbocycles. The van der Waals surface area contributed by atoms with E-state index in [9.17, 15) is 4.79 Å². The zero-order chi connectivity index (χ0) is 17.2. The van der Waals surface area contributed by atoms with Crippen molar-refractivity contribution in [3.05, 3.63) is 46.4 Å². The molecular weight excluding hydrogens is 322 g/mol. The topological polar surface area (TPSA) is 77.2 Å². The minimum atomic E-state index is -0.705. The summed E-state index contributed by atoms with van der Waals surface area (Å²) >= 11 is 1.64. The molecule has 2 aromatic rings. The number of benzene rings is 1. The average molecular weight is 347 g/mol. The number of rotatable bonds is 10. The number of ether oxygens (including phenoxy) is 1. The molecule has 0 aliphatic rings. The van der Waals surface area contributed by atoms with Gasteiger partial charge in [-0.15, -0.1) is 11.3 Å². The van der Waals surface area contributed by atoms with Gasteiger partial charge in [0.15, 0.2) is 0 Å². The molecule has 0 fully saturated rings. The van der Waals surface area contributed by atoms with Crippen LogP contribution in [-0.4, -0.2) is 17.7 Å². The second-order valence-corrected chi connectivity index (χ2v) is 6.68. The van der Waals surface area contributed by atoms with Crippen molar-refractivity contribution in [3.63, 3.8) is 0 Å². The molecule has 24 heavy (non-hydrogen) atoms. The quantitative estimate of drug-likeness (QED) is 0.662. The number of nitrogens with two attached hydrogens (primary N) is 1. The van der Waals surface area contributed by atoms with Crippen molar-refractivity contribution >= 4 is 23.1 Å². The summed E-state index contributed by atoms with van der Waals surface area (Å²) in [4.78, 5) is 15.1. The molecule has 0 saturated heterocycles. The number of hydrogen-bond donors (Lipinski definition) is 2. The number of anilines is 1. The fourth-order valence-corrected chi connectivity index (χ4v) is 3.21. The van der Waals surface area contributed by atoms with Gasteiger partial charge in [0.25, 0.3) is 0 Å². The van der Waals surface area contributed by atoms with Crippen molar-refractivity contribution in [2.24, 2.45) is 5.73 Å². The van der Waals surface area contributed by atoms with E-state index in [4.69, 9.17) is 10.5 Å². The molecule has 2 rings (SSSR count). The van der Waals surface area contributed by atoms with E-state index in [1.54, 1.807) is 11.3 Å². The number of aromatic nitrogens is 1. The van der Waals surface area contributed by atoms with Crippen LogP contribution in [0.4, 0.5) is 10.5 Å². The SMILES string of the molecule is CCCCC(CCOC(N)=O)c1cccc(NCc2nccs2)c1. The summed E-state index contributed by atoms with van der Waals surface area (Å²) in [5.74, 6) is 0.367. The molecule has 1 heterocycles. The summed E-state index contributed by atoms with van der Waals surface area (Å²) in [5, 5.41) is 6.46. The molecule has 1 amide bonds. The van der Waals surface area contributed by atoms with Gasteiger partial charge in [0.1, 0.15) is 5.01 Å². The zero-order valence-corrected chi connectivity index (χ0v) is 14.8. The lowest BCUT2D eigenvalue weighted by Gasteiger charge is -2.18. The Morgan fingerprint density at radius 1 is 1.42 bits per heavy atom. The molecule has 0 spiro atoms. The number of carbonyl (C=O) groups is 1. The number of amides is 1. The number of nitrogens with zero attached hydrogens (tertiary/aromatic N) is 1. The molecule has 0 saturated carbocycles. The van der Waals surface area contributed by atoms with Gasteiger partial charge in [-0.05, 0) is 36.5 Å². The van der Waals surface area contributed by atoms with Gasteiger partial charge in [-0.2, -0.15) is 0 Å². The van der Waals surface area contributed by atoms with Crippen LogP contribution in [0.3, 0.4) is 0 Å². The molecule has 6 heteroatoms. The molecule has 130 valence electrons. The van der Waals surface area contributed by atoms with Crippen molar-refractivity contribution in [1.29, 1.82) is 0 Å². The Morgan fingerprint density at radius 2 is 2.29 bits per heavy atom. The number of primary amides is 1. The van der Waals surface area contributed by atoms with E-state index in [1.807, 2.05) is 11.6 Å². The summed E-state index contributed by atoms with van der Waals surface area (Å²) in [6.45, 7) is 3.27. The molecule has 0 radical (unpaired) electrons. The van der Waals surface area contributed by atoms with Crippen LogP contribution >= 0.6 is 11.3 Å². The van der Waals surface area contributed by atoms with Gasteiger partial charge in [-0.1, -0.05) is 31.9 Å². The Bertz CT molecular complexity index is 616. The number of unbranched alkanes of at least 4 members (excludes halogenated alkanes) is 1. The lowest BCUT2D eigenvalue weighted by molar-refractivity contribution is 0.152. The summed E-state index contributed by atoms with van der Waals surface area (Å²) in [6.07, 6.45) is 5.28. The van der Waals surface area contributed by atoms with Gasteiger partial charge in [-0.3, -0.25) is 0 Å². The van der Waals surface area contributed by atoms with E-state index >= 15 is 0 Å². The number of thiazole rings is 1. The second kappa shape index (κ2) is 9.93. The summed E-state index contributed by atoms with van der Waals surface area (Å²) in [5.41, 5.74) is 7.40. The molecule has 0 bridgehead atoms. The van der Waals surface area contributed by atoms with E-state index in [0.29, 0.717) is 12.5 Å². The smallest absolute Gasteiger partial charge is 0.404 e. The van der Waals surface area contributed by atoms with Crippen LogP contribution in [0, 0.1) is 0 Å². The van der Waals surface area contributed by atoms with Gasteiger partial charge in [-0.25, -0.2) is 9.78 Å². The summed E-state index contributed by atoms with van der Waals surface area (Å²) in [6, 6.07) is 8.44. The third-order valence-electron chi connectivity index (χ3n) is 3.90. The van der Waals surface area contributed by atoms with Gasteiger partial charge >= 0.3 is 6.09 Å². The normalized spacial score (nSPS) is 11.9. The minimum Gasteiger partial charge on any atom is -0.450 e. The third kappa shape index (κ3) is 6.20. The minimum absolute atomic E-state index is 0.362. The highest BCUT2D eigenvalue weighted by Crippen LogP contribution is 2.28. The van der Waals surface area contributed by atoms with Crippen molar-refractivity contribution in [1.82, 2.24) is 4.98 Å². The lowest BCUT2D eigenvalue weighted by Crippen LogP contribution is -2.15. The van der Waals surface area contributed by atoms with E-state index in [0.717, 1.165) is 42.9 Å². The third-order valence-corrected chi connectivity index (χ3v) is 4.68. The molecular formula is C18H25N3O2S. The molecule has 3 N–H and O–H groups in total. The van der Waals surface area contributed by atoms with Crippen LogP contribution in [0.1, 0.15) is 49.1 Å². The summed E-state index contributed by atoms with van der Waals surface area (Å²) < 4.78 is 4.92. The van der Waals surface area contributed by atoms with Crippen LogP contribution in [0.2, 0.25) is 0 Å². The second-order valence-electron chi connectivity index (χ2n) is 5.70. The maximum atomic E-state index is 10.8. The molecule has 5 nitrogen and oxygen atoms in total. The Kier molecular flexibility index (Phi) is 7.55. The van der Waals surface area contributed by atoms with E-state index in [-0.39, 0.29) is 0 Å². The van der Waals surface area contributed by atoms with Gasteiger partial charge in [0, 0.05) is 17.3 Å². The standard InChI is InChI=1S/C18H25N3O2S/c1-2-3-5-14(8-10-23-18(19)22)15-6-4-7-16(12-15)21-13-17-20-9-11-24-17/h4,6-7,9,11-12,14,21H,2-3,5,8,10,13H2,1H3,(H2,19,22). The highest BCUT2D eigenvalue weighted by molar-refractivity contribution is 7.09. The Morgan fingerprint density at radius 3 is 3.00 bits per heavy atom. The molecule has 1 aromatic heterocycles. The van der Waals surface area contributed by atoms with Gasteiger partial charge in [0.2, 0.25) is 0 Å². The highest BCUT2D eigenvalue weighted by Gasteiger charge is 2.12. The number of hydrogen-bond acceptors (Lipinski definition) is 5. The Labute approximate surface area is 147 Å². The highest BCUT2D eigenvalue weighted by atomic mass is 32.1. The summed E-state index contributed by atoms with van der Waals surface area (Å²) in [7, 11) is 0. The fourth-order valence-electron chi connectivity index (χ4n) is 2.65. The van der Waals surface area contributed by atoms with Gasteiger partial charge in [0.05, 0.1) is 13.2 Å². The fraction of sp³-hybridized carbons (Fsp3) is 0.444. The van der Waals surface area contributed by atoms with Crippen LogP contribution in [0.25, 0.3) is 0 Å². The lowest BCUT2D eigenvalue weighted by atomic mass is 9.90. The zero-order valence-electron chi connectivity index (χ0n) is 14.0. The molecule has 1 unspecified atom stereocenters.